The van der Waals surface area contributed by atoms with Gasteiger partial charge in [0, 0.05) is 25.2 Å². The molecule has 0 bridgehead atoms. The Labute approximate surface area is 82.0 Å². The highest BCUT2D eigenvalue weighted by Crippen LogP contribution is 2.18. The van der Waals surface area contributed by atoms with Crippen LogP contribution in [0.25, 0.3) is 0 Å². The molecule has 1 atom stereocenters. The Kier molecular flexibility index (Phi) is 4.46. The Balaban J connectivity index is 2.18. The molecule has 0 aromatic heterocycles. The molecule has 1 unspecified atom stereocenters. The SMILES string of the molecule is C=CCN(C)C(CC)CNC1CC1. The Morgan fingerprint density at radius 3 is 2.77 bits per heavy atom. The van der Waals surface area contributed by atoms with Crippen molar-refractivity contribution in [1.29, 1.82) is 0 Å². The molecular weight excluding hydrogens is 160 g/mol. The number of hydrogen-bond acceptors (Lipinski definition) is 2. The van der Waals surface area contributed by atoms with Crippen molar-refractivity contribution < 1.29 is 0 Å². The van der Waals surface area contributed by atoms with Gasteiger partial charge in [0.05, 0.1) is 0 Å². The van der Waals surface area contributed by atoms with E-state index >= 15 is 0 Å². The van der Waals surface area contributed by atoms with E-state index in [0.717, 1.165) is 19.1 Å². The lowest BCUT2D eigenvalue weighted by molar-refractivity contribution is 0.251. The van der Waals surface area contributed by atoms with E-state index in [4.69, 9.17) is 0 Å². The number of nitrogens with zero attached hydrogens (tertiary/aromatic N) is 1. The van der Waals surface area contributed by atoms with Crippen molar-refractivity contribution in [2.24, 2.45) is 0 Å². The van der Waals surface area contributed by atoms with Crippen LogP contribution in [0.4, 0.5) is 0 Å². The van der Waals surface area contributed by atoms with Gasteiger partial charge in [0.2, 0.25) is 0 Å². The summed E-state index contributed by atoms with van der Waals surface area (Å²) in [6.07, 6.45) is 5.94. The average molecular weight is 182 g/mol. The van der Waals surface area contributed by atoms with Gasteiger partial charge < -0.3 is 5.32 Å². The largest absolute Gasteiger partial charge is 0.312 e. The van der Waals surface area contributed by atoms with Crippen molar-refractivity contribution in [2.75, 3.05) is 20.1 Å². The zero-order chi connectivity index (χ0) is 9.68. The van der Waals surface area contributed by atoms with Crippen LogP contribution in [-0.2, 0) is 0 Å². The lowest BCUT2D eigenvalue weighted by Gasteiger charge is -2.26. The molecule has 0 aromatic rings. The monoisotopic (exact) mass is 182 g/mol. The van der Waals surface area contributed by atoms with Gasteiger partial charge in [-0.15, -0.1) is 6.58 Å². The third kappa shape index (κ3) is 3.92. The maximum Gasteiger partial charge on any atom is 0.0218 e. The van der Waals surface area contributed by atoms with Gasteiger partial charge in [-0.05, 0) is 26.3 Å². The molecule has 0 saturated heterocycles. The number of hydrogen-bond donors (Lipinski definition) is 1. The summed E-state index contributed by atoms with van der Waals surface area (Å²) in [6, 6.07) is 1.49. The maximum atomic E-state index is 3.76. The van der Waals surface area contributed by atoms with Gasteiger partial charge in [0.25, 0.3) is 0 Å². The van der Waals surface area contributed by atoms with E-state index in [1.54, 1.807) is 0 Å². The molecule has 13 heavy (non-hydrogen) atoms. The fraction of sp³-hybridized carbons (Fsp3) is 0.818. The summed E-state index contributed by atoms with van der Waals surface area (Å²) in [4.78, 5) is 2.36. The number of likely N-dealkylation sites (N-methyl/N-ethyl adjacent to an activating group) is 1. The molecule has 0 aliphatic heterocycles. The molecule has 76 valence electrons. The molecule has 1 fully saturated rings. The fourth-order valence-corrected chi connectivity index (χ4v) is 1.55. The Bertz CT molecular complexity index is 152. The first-order valence-corrected chi connectivity index (χ1v) is 5.32. The number of nitrogens with one attached hydrogen (secondary N) is 1. The predicted molar refractivity (Wildman–Crippen MR) is 57.9 cm³/mol. The van der Waals surface area contributed by atoms with Crippen molar-refractivity contribution in [3.63, 3.8) is 0 Å². The molecule has 0 aromatic carbocycles. The standard InChI is InChI=1S/C11H22N2/c1-4-8-13(3)11(5-2)9-12-10-6-7-10/h4,10-12H,1,5-9H2,2-3H3. The van der Waals surface area contributed by atoms with Gasteiger partial charge in [-0.25, -0.2) is 0 Å². The lowest BCUT2D eigenvalue weighted by atomic mass is 10.2. The molecule has 1 saturated carbocycles. The smallest absolute Gasteiger partial charge is 0.0218 e. The molecule has 0 spiro atoms. The zero-order valence-corrected chi connectivity index (χ0v) is 8.92. The summed E-state index contributed by atoms with van der Waals surface area (Å²) < 4.78 is 0. The van der Waals surface area contributed by atoms with Crippen LogP contribution in [0.15, 0.2) is 12.7 Å². The van der Waals surface area contributed by atoms with E-state index in [2.05, 4.69) is 30.8 Å². The summed E-state index contributed by atoms with van der Waals surface area (Å²) in [5.74, 6) is 0. The van der Waals surface area contributed by atoms with Crippen molar-refractivity contribution >= 4 is 0 Å². The third-order valence-corrected chi connectivity index (χ3v) is 2.73. The van der Waals surface area contributed by atoms with E-state index in [1.807, 2.05) is 6.08 Å². The molecule has 2 nitrogen and oxygen atoms in total. The summed E-state index contributed by atoms with van der Waals surface area (Å²) in [5, 5.41) is 3.57. The molecular formula is C11H22N2. The Morgan fingerprint density at radius 2 is 2.31 bits per heavy atom. The highest BCUT2D eigenvalue weighted by Gasteiger charge is 2.22. The van der Waals surface area contributed by atoms with Gasteiger partial charge in [-0.2, -0.15) is 0 Å². The van der Waals surface area contributed by atoms with E-state index in [0.29, 0.717) is 6.04 Å². The van der Waals surface area contributed by atoms with Crippen molar-refractivity contribution in [2.45, 2.75) is 38.3 Å². The van der Waals surface area contributed by atoms with Gasteiger partial charge in [-0.3, -0.25) is 4.90 Å². The molecule has 1 N–H and O–H groups in total. The first kappa shape index (κ1) is 10.7. The summed E-state index contributed by atoms with van der Waals surface area (Å²) >= 11 is 0. The van der Waals surface area contributed by atoms with Crippen LogP contribution in [0.3, 0.4) is 0 Å². The van der Waals surface area contributed by atoms with Crippen molar-refractivity contribution in [3.8, 4) is 0 Å². The fourth-order valence-electron chi connectivity index (χ4n) is 1.55. The predicted octanol–water partition coefficient (Wildman–Crippen LogP) is 1.63. The van der Waals surface area contributed by atoms with Crippen LogP contribution in [0.1, 0.15) is 26.2 Å². The van der Waals surface area contributed by atoms with E-state index in [9.17, 15) is 0 Å². The minimum Gasteiger partial charge on any atom is -0.312 e. The maximum absolute atomic E-state index is 3.76. The lowest BCUT2D eigenvalue weighted by Crippen LogP contribution is -2.40. The molecule has 1 rings (SSSR count). The molecule has 2 heteroatoms. The minimum absolute atomic E-state index is 0.665. The van der Waals surface area contributed by atoms with Crippen LogP contribution < -0.4 is 5.32 Å². The second-order valence-corrected chi connectivity index (χ2v) is 3.97. The summed E-state index contributed by atoms with van der Waals surface area (Å²) in [6.45, 7) is 8.13. The van der Waals surface area contributed by atoms with Crippen LogP contribution in [0, 0.1) is 0 Å². The highest BCUT2D eigenvalue weighted by atomic mass is 15.1. The molecule has 0 radical (unpaired) electrons. The number of rotatable bonds is 7. The van der Waals surface area contributed by atoms with E-state index in [1.165, 1.54) is 19.3 Å². The van der Waals surface area contributed by atoms with Crippen LogP contribution >= 0.6 is 0 Å². The molecule has 1 aliphatic rings. The first-order valence-electron chi connectivity index (χ1n) is 5.32. The second kappa shape index (κ2) is 5.40. The van der Waals surface area contributed by atoms with E-state index in [-0.39, 0.29) is 0 Å². The van der Waals surface area contributed by atoms with Crippen LogP contribution in [0.5, 0.6) is 0 Å². The summed E-state index contributed by atoms with van der Waals surface area (Å²) in [5.41, 5.74) is 0. The van der Waals surface area contributed by atoms with Crippen LogP contribution in [0.2, 0.25) is 0 Å². The topological polar surface area (TPSA) is 15.3 Å². The Hall–Kier alpha value is -0.340. The highest BCUT2D eigenvalue weighted by molar-refractivity contribution is 4.84. The molecule has 0 heterocycles. The second-order valence-electron chi connectivity index (χ2n) is 3.97. The Morgan fingerprint density at radius 1 is 1.62 bits per heavy atom. The summed E-state index contributed by atoms with van der Waals surface area (Å²) in [7, 11) is 2.17. The van der Waals surface area contributed by atoms with Gasteiger partial charge in [0.15, 0.2) is 0 Å². The first-order chi connectivity index (χ1) is 6.27. The minimum atomic E-state index is 0.665. The van der Waals surface area contributed by atoms with Crippen molar-refractivity contribution in [3.05, 3.63) is 12.7 Å². The molecule has 0 amide bonds. The van der Waals surface area contributed by atoms with Crippen molar-refractivity contribution in [1.82, 2.24) is 10.2 Å². The third-order valence-electron chi connectivity index (χ3n) is 2.73. The van der Waals surface area contributed by atoms with Crippen LogP contribution in [-0.4, -0.2) is 37.1 Å². The average Bonchev–Trinajstić information content (AvgIpc) is 2.89. The molecule has 1 aliphatic carbocycles. The zero-order valence-electron chi connectivity index (χ0n) is 8.92. The van der Waals surface area contributed by atoms with Gasteiger partial charge >= 0.3 is 0 Å². The van der Waals surface area contributed by atoms with Gasteiger partial charge in [0.1, 0.15) is 0 Å². The van der Waals surface area contributed by atoms with Gasteiger partial charge in [-0.1, -0.05) is 13.0 Å². The van der Waals surface area contributed by atoms with E-state index < -0.39 is 0 Å². The quantitative estimate of drug-likeness (QED) is 0.602. The normalized spacial score (nSPS) is 19.0.